The highest BCUT2D eigenvalue weighted by atomic mass is 15.3. The van der Waals surface area contributed by atoms with Crippen molar-refractivity contribution in [2.75, 3.05) is 5.32 Å². The Morgan fingerprint density at radius 1 is 1.26 bits per heavy atom. The van der Waals surface area contributed by atoms with E-state index < -0.39 is 0 Å². The molecule has 1 aliphatic rings. The lowest BCUT2D eigenvalue weighted by Gasteiger charge is -2.33. The molecule has 3 rings (SSSR count). The van der Waals surface area contributed by atoms with Gasteiger partial charge in [-0.05, 0) is 55.7 Å². The molecule has 3 atom stereocenters. The first-order valence-corrected chi connectivity index (χ1v) is 7.20. The largest absolute Gasteiger partial charge is 0.367 e. The van der Waals surface area contributed by atoms with E-state index in [1.165, 1.54) is 24.8 Å². The van der Waals surface area contributed by atoms with Crippen LogP contribution in [0.1, 0.15) is 38.7 Å². The molecular weight excluding hydrogens is 236 g/mol. The lowest BCUT2D eigenvalue weighted by atomic mass is 9.80. The van der Waals surface area contributed by atoms with Crippen molar-refractivity contribution < 1.29 is 0 Å². The average Bonchev–Trinajstić information content (AvgIpc) is 2.80. The zero-order valence-electron chi connectivity index (χ0n) is 11.9. The minimum atomic E-state index is 0.547. The minimum absolute atomic E-state index is 0.547. The molecule has 4 nitrogen and oxygen atoms in total. The molecule has 0 radical (unpaired) electrons. The van der Waals surface area contributed by atoms with Crippen molar-refractivity contribution >= 4 is 11.5 Å². The molecule has 0 bridgehead atoms. The molecule has 1 aliphatic carbocycles. The van der Waals surface area contributed by atoms with E-state index in [1.54, 1.807) is 6.33 Å². The maximum absolute atomic E-state index is 4.31. The highest BCUT2D eigenvalue weighted by Crippen LogP contribution is 2.30. The molecular formula is C15H22N4. The lowest BCUT2D eigenvalue weighted by molar-refractivity contribution is 0.276. The van der Waals surface area contributed by atoms with Crippen molar-refractivity contribution in [2.45, 2.75) is 46.1 Å². The molecule has 2 aromatic rings. The van der Waals surface area contributed by atoms with E-state index in [-0.39, 0.29) is 0 Å². The van der Waals surface area contributed by atoms with Gasteiger partial charge in [-0.2, -0.15) is 9.61 Å². The van der Waals surface area contributed by atoms with E-state index in [0.29, 0.717) is 12.0 Å². The van der Waals surface area contributed by atoms with Gasteiger partial charge in [0.05, 0.1) is 0 Å². The maximum Gasteiger partial charge on any atom is 0.157 e. The molecule has 1 fully saturated rings. The van der Waals surface area contributed by atoms with Crippen LogP contribution in [0.25, 0.3) is 5.65 Å². The normalized spacial score (nSPS) is 27.6. The minimum Gasteiger partial charge on any atom is -0.367 e. The van der Waals surface area contributed by atoms with Gasteiger partial charge in [-0.25, -0.2) is 4.98 Å². The van der Waals surface area contributed by atoms with E-state index >= 15 is 0 Å². The Kier molecular flexibility index (Phi) is 3.17. The molecule has 102 valence electrons. The molecule has 0 aromatic carbocycles. The number of fused-ring (bicyclic) bond motifs is 1. The van der Waals surface area contributed by atoms with Crippen LogP contribution in [0, 0.1) is 18.8 Å². The van der Waals surface area contributed by atoms with Crippen LogP contribution in [0.15, 0.2) is 18.5 Å². The van der Waals surface area contributed by atoms with Crippen LogP contribution in [0.2, 0.25) is 0 Å². The molecule has 0 aliphatic heterocycles. The SMILES string of the molecule is Cc1cc(NC2CCC(C)CC2C)n2ncnc2c1. The van der Waals surface area contributed by atoms with Gasteiger partial charge in [0.1, 0.15) is 12.1 Å². The number of pyridine rings is 1. The molecule has 1 N–H and O–H groups in total. The fourth-order valence-corrected chi connectivity index (χ4v) is 3.23. The third kappa shape index (κ3) is 2.44. The van der Waals surface area contributed by atoms with E-state index in [1.807, 2.05) is 4.52 Å². The van der Waals surface area contributed by atoms with E-state index in [9.17, 15) is 0 Å². The Morgan fingerprint density at radius 3 is 2.89 bits per heavy atom. The summed E-state index contributed by atoms with van der Waals surface area (Å²) in [5.74, 6) is 2.64. The number of hydrogen-bond donors (Lipinski definition) is 1. The summed E-state index contributed by atoms with van der Waals surface area (Å²) in [6, 6.07) is 4.77. The molecule has 0 amide bonds. The van der Waals surface area contributed by atoms with Gasteiger partial charge >= 0.3 is 0 Å². The quantitative estimate of drug-likeness (QED) is 0.899. The van der Waals surface area contributed by atoms with Crippen LogP contribution >= 0.6 is 0 Å². The monoisotopic (exact) mass is 258 g/mol. The first-order valence-electron chi connectivity index (χ1n) is 7.20. The Balaban J connectivity index is 1.86. The second kappa shape index (κ2) is 4.83. The zero-order chi connectivity index (χ0) is 13.4. The summed E-state index contributed by atoms with van der Waals surface area (Å²) in [6.45, 7) is 6.81. The number of nitrogens with zero attached hydrogens (tertiary/aromatic N) is 3. The summed E-state index contributed by atoms with van der Waals surface area (Å²) in [6.07, 6.45) is 5.48. The summed E-state index contributed by atoms with van der Waals surface area (Å²) in [7, 11) is 0. The van der Waals surface area contributed by atoms with Crippen molar-refractivity contribution in [3.05, 3.63) is 24.0 Å². The summed E-state index contributed by atoms with van der Waals surface area (Å²) in [4.78, 5) is 4.28. The van der Waals surface area contributed by atoms with Crippen LogP contribution in [-0.4, -0.2) is 20.6 Å². The fourth-order valence-electron chi connectivity index (χ4n) is 3.23. The van der Waals surface area contributed by atoms with Crippen LogP contribution < -0.4 is 5.32 Å². The fraction of sp³-hybridized carbons (Fsp3) is 0.600. The molecule has 1 saturated carbocycles. The van der Waals surface area contributed by atoms with Crippen LogP contribution in [0.5, 0.6) is 0 Å². The van der Waals surface area contributed by atoms with Crippen molar-refractivity contribution in [3.63, 3.8) is 0 Å². The maximum atomic E-state index is 4.31. The Morgan fingerprint density at radius 2 is 2.11 bits per heavy atom. The van der Waals surface area contributed by atoms with Gasteiger partial charge in [0.25, 0.3) is 0 Å². The number of hydrogen-bond acceptors (Lipinski definition) is 3. The number of nitrogens with one attached hydrogen (secondary N) is 1. The number of rotatable bonds is 2. The van der Waals surface area contributed by atoms with Gasteiger partial charge in [0.15, 0.2) is 5.65 Å². The predicted octanol–water partition coefficient (Wildman–Crippen LogP) is 3.27. The topological polar surface area (TPSA) is 42.2 Å². The van der Waals surface area contributed by atoms with Gasteiger partial charge in [0.2, 0.25) is 0 Å². The van der Waals surface area contributed by atoms with Crippen molar-refractivity contribution in [1.82, 2.24) is 14.6 Å². The summed E-state index contributed by atoms with van der Waals surface area (Å²) < 4.78 is 1.90. The van der Waals surface area contributed by atoms with Gasteiger partial charge in [-0.1, -0.05) is 13.8 Å². The second-order valence-electron chi connectivity index (χ2n) is 6.09. The number of aromatic nitrogens is 3. The van der Waals surface area contributed by atoms with E-state index in [2.05, 4.69) is 48.3 Å². The molecule has 0 saturated heterocycles. The summed E-state index contributed by atoms with van der Waals surface area (Å²) in [5, 5.41) is 7.99. The van der Waals surface area contributed by atoms with Crippen molar-refractivity contribution in [3.8, 4) is 0 Å². The summed E-state index contributed by atoms with van der Waals surface area (Å²) >= 11 is 0. The molecule has 4 heteroatoms. The number of anilines is 1. The standard InChI is InChI=1S/C15H22N4/c1-10-4-5-13(12(3)6-10)18-15-8-11(2)7-14-16-9-17-19(14)15/h7-10,12-13,18H,4-6H2,1-3H3. The first-order chi connectivity index (χ1) is 9.13. The lowest BCUT2D eigenvalue weighted by Crippen LogP contribution is -2.33. The van der Waals surface area contributed by atoms with Gasteiger partial charge in [0, 0.05) is 6.04 Å². The van der Waals surface area contributed by atoms with Crippen molar-refractivity contribution in [2.24, 2.45) is 11.8 Å². The molecule has 2 aromatic heterocycles. The van der Waals surface area contributed by atoms with Gasteiger partial charge < -0.3 is 5.32 Å². The van der Waals surface area contributed by atoms with Gasteiger partial charge in [-0.3, -0.25) is 0 Å². The van der Waals surface area contributed by atoms with Crippen molar-refractivity contribution in [1.29, 1.82) is 0 Å². The van der Waals surface area contributed by atoms with E-state index in [0.717, 1.165) is 17.4 Å². The molecule has 3 unspecified atom stereocenters. The molecule has 19 heavy (non-hydrogen) atoms. The van der Waals surface area contributed by atoms with E-state index in [4.69, 9.17) is 0 Å². The Labute approximate surface area is 114 Å². The Bertz CT molecular complexity index is 575. The van der Waals surface area contributed by atoms with Crippen LogP contribution in [-0.2, 0) is 0 Å². The third-order valence-corrected chi connectivity index (χ3v) is 4.29. The smallest absolute Gasteiger partial charge is 0.157 e. The zero-order valence-corrected chi connectivity index (χ0v) is 11.9. The third-order valence-electron chi connectivity index (χ3n) is 4.29. The molecule has 2 heterocycles. The Hall–Kier alpha value is -1.58. The van der Waals surface area contributed by atoms with Gasteiger partial charge in [-0.15, -0.1) is 0 Å². The first kappa shape index (κ1) is 12.5. The predicted molar refractivity (Wildman–Crippen MR) is 77.3 cm³/mol. The average molecular weight is 258 g/mol. The van der Waals surface area contributed by atoms with Crippen LogP contribution in [0.4, 0.5) is 5.82 Å². The summed E-state index contributed by atoms with van der Waals surface area (Å²) in [5.41, 5.74) is 2.14. The highest BCUT2D eigenvalue weighted by molar-refractivity contribution is 5.51. The number of aryl methyl sites for hydroxylation is 1. The second-order valence-corrected chi connectivity index (χ2v) is 6.09. The highest BCUT2D eigenvalue weighted by Gasteiger charge is 2.25. The molecule has 0 spiro atoms. The van der Waals surface area contributed by atoms with Crippen LogP contribution in [0.3, 0.4) is 0 Å².